The molecule has 120 valence electrons. The predicted molar refractivity (Wildman–Crippen MR) is 76.5 cm³/mol. The summed E-state index contributed by atoms with van der Waals surface area (Å²) >= 11 is 5.90. The van der Waals surface area contributed by atoms with Crippen molar-refractivity contribution in [3.05, 3.63) is 58.6 Å². The monoisotopic (exact) mass is 344 g/mol. The number of aromatic nitrogens is 2. The van der Waals surface area contributed by atoms with Gasteiger partial charge in [-0.05, 0) is 30.3 Å². The number of alkyl halides is 3. The van der Waals surface area contributed by atoms with Crippen LogP contribution in [0, 0.1) is 5.82 Å². The maximum Gasteiger partial charge on any atom is 0.417 e. The Balaban J connectivity index is 2.29. The van der Waals surface area contributed by atoms with Crippen molar-refractivity contribution in [1.82, 2.24) is 9.38 Å². The number of fused-ring (bicyclic) bond motifs is 1. The zero-order chi connectivity index (χ0) is 16.8. The smallest absolute Gasteiger partial charge is 0.390 e. The van der Waals surface area contributed by atoms with E-state index in [-0.39, 0.29) is 22.1 Å². The summed E-state index contributed by atoms with van der Waals surface area (Å²) in [4.78, 5) is 4.19. The van der Waals surface area contributed by atoms with Crippen LogP contribution in [0.3, 0.4) is 0 Å². The maximum atomic E-state index is 13.0. The number of rotatable bonds is 2. The second-order valence-corrected chi connectivity index (χ2v) is 5.25. The number of nitrogens with zero attached hydrogens (tertiary/aromatic N) is 2. The summed E-state index contributed by atoms with van der Waals surface area (Å²) in [7, 11) is 0. The third-order valence-electron chi connectivity index (χ3n) is 3.37. The minimum absolute atomic E-state index is 0.0861. The second kappa shape index (κ2) is 5.50. The Bertz CT molecular complexity index is 872. The average molecular weight is 345 g/mol. The van der Waals surface area contributed by atoms with Gasteiger partial charge in [0.2, 0.25) is 0 Å². The molecular weight excluding hydrogens is 336 g/mol. The van der Waals surface area contributed by atoms with Crippen molar-refractivity contribution in [1.29, 1.82) is 0 Å². The molecule has 0 atom stereocenters. The molecule has 0 aliphatic rings. The van der Waals surface area contributed by atoms with Gasteiger partial charge in [-0.3, -0.25) is 4.40 Å². The van der Waals surface area contributed by atoms with Crippen molar-refractivity contribution in [2.75, 3.05) is 0 Å². The molecule has 0 bridgehead atoms. The number of aliphatic hydroxyl groups excluding tert-OH is 1. The van der Waals surface area contributed by atoms with E-state index in [0.29, 0.717) is 5.56 Å². The van der Waals surface area contributed by atoms with E-state index >= 15 is 0 Å². The first-order chi connectivity index (χ1) is 10.8. The number of benzene rings is 1. The van der Waals surface area contributed by atoms with Crippen LogP contribution in [0.1, 0.15) is 11.3 Å². The number of halogens is 5. The molecule has 0 aliphatic heterocycles. The number of hydrogen-bond acceptors (Lipinski definition) is 2. The van der Waals surface area contributed by atoms with Gasteiger partial charge in [0.05, 0.1) is 28.6 Å². The highest BCUT2D eigenvalue weighted by Gasteiger charge is 2.32. The van der Waals surface area contributed by atoms with Gasteiger partial charge in [0.15, 0.2) is 5.65 Å². The summed E-state index contributed by atoms with van der Waals surface area (Å²) in [5.41, 5.74) is -0.0205. The van der Waals surface area contributed by atoms with Crippen LogP contribution >= 0.6 is 11.6 Å². The van der Waals surface area contributed by atoms with Crippen LogP contribution in [0.15, 0.2) is 36.5 Å². The minimum Gasteiger partial charge on any atom is -0.390 e. The Hall–Kier alpha value is -2.12. The summed E-state index contributed by atoms with van der Waals surface area (Å²) in [5, 5.41) is 9.35. The molecule has 23 heavy (non-hydrogen) atoms. The lowest BCUT2D eigenvalue weighted by Gasteiger charge is -2.09. The highest BCUT2D eigenvalue weighted by Crippen LogP contribution is 2.34. The van der Waals surface area contributed by atoms with Crippen LogP contribution in [0.5, 0.6) is 0 Å². The molecule has 0 radical (unpaired) electrons. The molecule has 8 heteroatoms. The van der Waals surface area contributed by atoms with E-state index in [1.54, 1.807) is 0 Å². The van der Waals surface area contributed by atoms with E-state index < -0.39 is 24.2 Å². The van der Waals surface area contributed by atoms with Crippen LogP contribution in [-0.2, 0) is 12.8 Å². The molecular formula is C15H9ClF4N2O. The molecule has 0 saturated carbocycles. The fourth-order valence-electron chi connectivity index (χ4n) is 2.30. The molecule has 3 aromatic rings. The fourth-order valence-corrected chi connectivity index (χ4v) is 2.55. The van der Waals surface area contributed by atoms with E-state index in [1.807, 2.05) is 0 Å². The summed E-state index contributed by atoms with van der Waals surface area (Å²) in [6, 6.07) is 6.02. The molecule has 2 aromatic heterocycles. The Morgan fingerprint density at radius 2 is 1.83 bits per heavy atom. The molecule has 0 amide bonds. The van der Waals surface area contributed by atoms with Gasteiger partial charge in [-0.2, -0.15) is 13.2 Å². The third kappa shape index (κ3) is 2.77. The molecule has 3 nitrogen and oxygen atoms in total. The molecule has 2 heterocycles. The van der Waals surface area contributed by atoms with E-state index in [4.69, 9.17) is 11.6 Å². The Morgan fingerprint density at radius 3 is 2.39 bits per heavy atom. The topological polar surface area (TPSA) is 37.5 Å². The van der Waals surface area contributed by atoms with Gasteiger partial charge >= 0.3 is 6.18 Å². The second-order valence-electron chi connectivity index (χ2n) is 4.84. The average Bonchev–Trinajstić information content (AvgIpc) is 2.86. The predicted octanol–water partition coefficient (Wildman–Crippen LogP) is 4.30. The zero-order valence-electron chi connectivity index (χ0n) is 11.4. The number of aliphatic hydroxyl groups is 1. The summed E-state index contributed by atoms with van der Waals surface area (Å²) < 4.78 is 52.8. The standard InChI is InChI=1S/C15H9ClF4N2O/c16-11-5-9(15(18,19)20)6-22-12(7-23)13(21-14(11)22)8-1-3-10(17)4-2-8/h1-6,23H,7H2. The normalized spacial score (nSPS) is 12.1. The van der Waals surface area contributed by atoms with Crippen molar-refractivity contribution in [3.63, 3.8) is 0 Å². The van der Waals surface area contributed by atoms with E-state index in [1.165, 1.54) is 24.3 Å². The molecule has 0 unspecified atom stereocenters. The van der Waals surface area contributed by atoms with Crippen LogP contribution in [-0.4, -0.2) is 14.5 Å². The van der Waals surface area contributed by atoms with Gasteiger partial charge in [-0.25, -0.2) is 9.37 Å². The summed E-state index contributed by atoms with van der Waals surface area (Å²) in [6.07, 6.45) is -3.75. The molecule has 3 rings (SSSR count). The first-order valence-electron chi connectivity index (χ1n) is 6.45. The first kappa shape index (κ1) is 15.8. The third-order valence-corrected chi connectivity index (χ3v) is 3.65. The number of hydrogen-bond donors (Lipinski definition) is 1. The Kier molecular flexibility index (Phi) is 3.77. The van der Waals surface area contributed by atoms with Crippen molar-refractivity contribution in [3.8, 4) is 11.3 Å². The quantitative estimate of drug-likeness (QED) is 0.704. The molecule has 0 spiro atoms. The highest BCUT2D eigenvalue weighted by atomic mass is 35.5. The summed E-state index contributed by atoms with van der Waals surface area (Å²) in [6.45, 7) is -0.550. The Labute approximate surface area is 132 Å². The Morgan fingerprint density at radius 1 is 1.17 bits per heavy atom. The van der Waals surface area contributed by atoms with Crippen LogP contribution in [0.4, 0.5) is 17.6 Å². The van der Waals surface area contributed by atoms with Gasteiger partial charge in [0, 0.05) is 11.8 Å². The lowest BCUT2D eigenvalue weighted by molar-refractivity contribution is -0.137. The van der Waals surface area contributed by atoms with Gasteiger partial charge < -0.3 is 5.11 Å². The SMILES string of the molecule is OCc1c(-c2ccc(F)cc2)nc2c(Cl)cc(C(F)(F)F)cn12. The number of imidazole rings is 1. The first-order valence-corrected chi connectivity index (χ1v) is 6.83. The molecule has 1 N–H and O–H groups in total. The van der Waals surface area contributed by atoms with E-state index in [2.05, 4.69) is 4.98 Å². The van der Waals surface area contributed by atoms with Crippen molar-refractivity contribution in [2.24, 2.45) is 0 Å². The maximum absolute atomic E-state index is 13.0. The molecule has 0 fully saturated rings. The number of pyridine rings is 1. The fraction of sp³-hybridized carbons (Fsp3) is 0.133. The van der Waals surface area contributed by atoms with Gasteiger partial charge in [0.1, 0.15) is 5.82 Å². The molecule has 1 aromatic carbocycles. The van der Waals surface area contributed by atoms with Crippen molar-refractivity contribution < 1.29 is 22.7 Å². The lowest BCUT2D eigenvalue weighted by Crippen LogP contribution is -2.07. The molecule has 0 saturated heterocycles. The van der Waals surface area contributed by atoms with Crippen molar-refractivity contribution >= 4 is 17.2 Å². The van der Waals surface area contributed by atoms with Gasteiger partial charge in [-0.1, -0.05) is 11.6 Å². The van der Waals surface area contributed by atoms with Crippen LogP contribution < -0.4 is 0 Å². The highest BCUT2D eigenvalue weighted by molar-refractivity contribution is 6.33. The summed E-state index contributed by atoms with van der Waals surface area (Å²) in [5.74, 6) is -0.458. The van der Waals surface area contributed by atoms with Crippen molar-refractivity contribution in [2.45, 2.75) is 12.8 Å². The van der Waals surface area contributed by atoms with Crippen LogP contribution in [0.25, 0.3) is 16.9 Å². The van der Waals surface area contributed by atoms with Gasteiger partial charge in [-0.15, -0.1) is 0 Å². The van der Waals surface area contributed by atoms with E-state index in [9.17, 15) is 22.7 Å². The zero-order valence-corrected chi connectivity index (χ0v) is 12.2. The largest absolute Gasteiger partial charge is 0.417 e. The lowest BCUT2D eigenvalue weighted by atomic mass is 10.1. The van der Waals surface area contributed by atoms with Gasteiger partial charge in [0.25, 0.3) is 0 Å². The molecule has 0 aliphatic carbocycles. The minimum atomic E-state index is -4.58. The van der Waals surface area contributed by atoms with E-state index in [0.717, 1.165) is 16.7 Å². The van der Waals surface area contributed by atoms with Crippen LogP contribution in [0.2, 0.25) is 5.02 Å².